The first-order chi connectivity index (χ1) is 9.32. The number of hydrogen-bond acceptors (Lipinski definition) is 2. The first-order valence-electron chi connectivity index (χ1n) is 6.07. The lowest BCUT2D eigenvalue weighted by Gasteiger charge is -2.22. The van der Waals surface area contributed by atoms with Crippen molar-refractivity contribution in [2.45, 2.75) is 14.9 Å². The summed E-state index contributed by atoms with van der Waals surface area (Å²) in [4.78, 5) is 1.58. The topological polar surface area (TPSA) is 30.2 Å². The third-order valence-corrected chi connectivity index (χ3v) is 5.98. The van der Waals surface area contributed by atoms with Crippen molar-refractivity contribution < 1.29 is 8.63 Å². The maximum Gasteiger partial charge on any atom is 0.174 e. The van der Waals surface area contributed by atoms with Crippen molar-refractivity contribution in [1.29, 1.82) is 0 Å². The van der Waals surface area contributed by atoms with E-state index in [2.05, 4.69) is 0 Å². The zero-order valence-electron chi connectivity index (χ0n) is 10.3. The molecule has 3 aromatic rings. The average molecular weight is 270 g/mol. The van der Waals surface area contributed by atoms with Crippen LogP contribution in [0.15, 0.2) is 98.4 Å². The molecule has 0 spiro atoms. The van der Waals surface area contributed by atoms with E-state index in [1.54, 1.807) is 18.4 Å². The van der Waals surface area contributed by atoms with Crippen LogP contribution in [-0.4, -0.2) is 4.21 Å². The summed E-state index contributed by atoms with van der Waals surface area (Å²) in [5, 5.41) is 0.518. The predicted molar refractivity (Wildman–Crippen MR) is 75.9 cm³/mol. The Labute approximate surface area is 113 Å². The van der Waals surface area contributed by atoms with Crippen molar-refractivity contribution in [2.75, 3.05) is 0 Å². The average Bonchev–Trinajstić information content (AvgIpc) is 3.03. The molecular formula is C16H14O2S. The van der Waals surface area contributed by atoms with Gasteiger partial charge in [0.1, 0.15) is 0 Å². The van der Waals surface area contributed by atoms with Crippen LogP contribution in [0.1, 0.15) is 0 Å². The van der Waals surface area contributed by atoms with Crippen molar-refractivity contribution in [1.82, 2.24) is 0 Å². The van der Waals surface area contributed by atoms with Gasteiger partial charge in [0.15, 0.2) is 5.09 Å². The second-order valence-corrected chi connectivity index (χ2v) is 6.92. The minimum absolute atomic E-state index is 0.518. The normalized spacial score (nSPS) is 12.2. The van der Waals surface area contributed by atoms with Gasteiger partial charge in [0.2, 0.25) is 0 Å². The van der Waals surface area contributed by atoms with Gasteiger partial charge in [-0.3, -0.25) is 4.21 Å². The smallest absolute Gasteiger partial charge is 0.174 e. The SMILES string of the molecule is O=[SH](c1ccccc1)(c1ccccc1)c1ccco1. The lowest BCUT2D eigenvalue weighted by atomic mass is 10.4. The molecule has 0 fully saturated rings. The fourth-order valence-corrected chi connectivity index (χ4v) is 4.62. The summed E-state index contributed by atoms with van der Waals surface area (Å²) in [5.74, 6) is 0. The highest BCUT2D eigenvalue weighted by Crippen LogP contribution is 2.35. The minimum atomic E-state index is -2.90. The lowest BCUT2D eigenvalue weighted by Crippen LogP contribution is -2.12. The van der Waals surface area contributed by atoms with Crippen molar-refractivity contribution >= 4 is 9.93 Å². The minimum Gasteiger partial charge on any atom is -0.457 e. The van der Waals surface area contributed by atoms with E-state index in [1.807, 2.05) is 60.7 Å². The Hall–Kier alpha value is -2.13. The van der Waals surface area contributed by atoms with Crippen molar-refractivity contribution in [2.24, 2.45) is 0 Å². The molecule has 2 nitrogen and oxygen atoms in total. The van der Waals surface area contributed by atoms with Crippen molar-refractivity contribution in [3.8, 4) is 0 Å². The summed E-state index contributed by atoms with van der Waals surface area (Å²) in [6.45, 7) is 0. The van der Waals surface area contributed by atoms with E-state index >= 15 is 0 Å². The predicted octanol–water partition coefficient (Wildman–Crippen LogP) is 3.77. The Morgan fingerprint density at radius 3 is 1.63 bits per heavy atom. The Balaban J connectivity index is 2.26. The van der Waals surface area contributed by atoms with Gasteiger partial charge < -0.3 is 4.42 Å². The van der Waals surface area contributed by atoms with Crippen LogP contribution in [0.5, 0.6) is 0 Å². The van der Waals surface area contributed by atoms with Gasteiger partial charge in [0, 0.05) is 9.79 Å². The molecule has 3 rings (SSSR count). The molecular weight excluding hydrogens is 256 g/mol. The fourth-order valence-electron chi connectivity index (χ4n) is 2.13. The first kappa shape index (κ1) is 11.9. The largest absolute Gasteiger partial charge is 0.457 e. The number of rotatable bonds is 3. The van der Waals surface area contributed by atoms with Crippen molar-refractivity contribution in [3.63, 3.8) is 0 Å². The number of benzene rings is 2. The maximum atomic E-state index is 13.6. The molecule has 1 heterocycles. The molecule has 0 N–H and O–H groups in total. The molecule has 0 unspecified atom stereocenters. The monoisotopic (exact) mass is 270 g/mol. The second-order valence-electron chi connectivity index (χ2n) is 4.23. The molecule has 0 amide bonds. The van der Waals surface area contributed by atoms with E-state index in [0.717, 1.165) is 9.79 Å². The van der Waals surface area contributed by atoms with Gasteiger partial charge >= 0.3 is 0 Å². The van der Waals surface area contributed by atoms with Gasteiger partial charge in [-0.1, -0.05) is 36.4 Å². The van der Waals surface area contributed by atoms with Gasteiger partial charge in [0.05, 0.1) is 6.26 Å². The molecule has 2 aromatic carbocycles. The summed E-state index contributed by atoms with van der Waals surface area (Å²) in [6, 6.07) is 22.5. The Morgan fingerprint density at radius 1 is 0.684 bits per heavy atom. The Morgan fingerprint density at radius 2 is 1.21 bits per heavy atom. The van der Waals surface area contributed by atoms with Gasteiger partial charge in [-0.05, 0) is 46.3 Å². The van der Waals surface area contributed by atoms with Crippen LogP contribution < -0.4 is 0 Å². The summed E-state index contributed by atoms with van der Waals surface area (Å²) in [5.41, 5.74) is 0. The van der Waals surface area contributed by atoms with Gasteiger partial charge in [-0.2, -0.15) is 0 Å². The van der Waals surface area contributed by atoms with E-state index in [4.69, 9.17) is 4.42 Å². The highest BCUT2D eigenvalue weighted by atomic mass is 32.2. The lowest BCUT2D eigenvalue weighted by molar-refractivity contribution is 0.461. The zero-order chi connectivity index (χ0) is 13.1. The summed E-state index contributed by atoms with van der Waals surface area (Å²) in [7, 11) is -2.90. The third-order valence-electron chi connectivity index (χ3n) is 3.06. The molecule has 1 aromatic heterocycles. The first-order valence-corrected chi connectivity index (χ1v) is 7.78. The van der Waals surface area contributed by atoms with Crippen LogP contribution in [0, 0.1) is 0 Å². The molecule has 0 atom stereocenters. The van der Waals surface area contributed by atoms with E-state index in [-0.39, 0.29) is 0 Å². The zero-order valence-corrected chi connectivity index (χ0v) is 11.2. The van der Waals surface area contributed by atoms with Crippen LogP contribution >= 0.6 is 0 Å². The molecule has 0 aliphatic carbocycles. The maximum absolute atomic E-state index is 13.6. The van der Waals surface area contributed by atoms with Crippen molar-refractivity contribution in [3.05, 3.63) is 79.1 Å². The number of furan rings is 1. The highest BCUT2D eigenvalue weighted by Gasteiger charge is 2.25. The summed E-state index contributed by atoms with van der Waals surface area (Å²) >= 11 is 0. The van der Waals surface area contributed by atoms with Crippen LogP contribution in [0.4, 0.5) is 0 Å². The van der Waals surface area contributed by atoms with E-state index < -0.39 is 9.93 Å². The molecule has 0 aliphatic rings. The van der Waals surface area contributed by atoms with E-state index in [9.17, 15) is 4.21 Å². The van der Waals surface area contributed by atoms with Gasteiger partial charge in [-0.15, -0.1) is 0 Å². The quantitative estimate of drug-likeness (QED) is 0.734. The van der Waals surface area contributed by atoms with Gasteiger partial charge in [0.25, 0.3) is 0 Å². The molecule has 3 heteroatoms. The molecule has 19 heavy (non-hydrogen) atoms. The number of hydrogen-bond donors (Lipinski definition) is 1. The summed E-state index contributed by atoms with van der Waals surface area (Å²) < 4.78 is 19.0. The van der Waals surface area contributed by atoms with Gasteiger partial charge in [-0.25, -0.2) is 0 Å². The molecule has 0 saturated carbocycles. The molecule has 0 saturated heterocycles. The third kappa shape index (κ3) is 2.02. The summed E-state index contributed by atoms with van der Waals surface area (Å²) in [6.07, 6.45) is 1.56. The molecule has 0 aliphatic heterocycles. The Bertz CT molecular complexity index is 645. The molecule has 0 radical (unpaired) electrons. The highest BCUT2D eigenvalue weighted by molar-refractivity contribution is 8.03. The molecule has 96 valence electrons. The Kier molecular flexibility index (Phi) is 3.05. The van der Waals surface area contributed by atoms with E-state index in [0.29, 0.717) is 5.09 Å². The number of thiol groups is 1. The van der Waals surface area contributed by atoms with Crippen LogP contribution in [0.25, 0.3) is 0 Å². The molecule has 0 bridgehead atoms. The fraction of sp³-hybridized carbons (Fsp3) is 0. The standard InChI is InChI=1S/C16H14O2S/c17-19(16-12-7-13-18-16,14-8-3-1-4-9-14)15-10-5-2-6-11-15/h1-13,19H. The van der Waals surface area contributed by atoms with Crippen LogP contribution in [-0.2, 0) is 9.93 Å². The van der Waals surface area contributed by atoms with E-state index in [1.165, 1.54) is 0 Å². The van der Waals surface area contributed by atoms with Crippen LogP contribution in [0.2, 0.25) is 0 Å². The second kappa shape index (κ2) is 4.86. The van der Waals surface area contributed by atoms with Crippen LogP contribution in [0.3, 0.4) is 0 Å².